The molecule has 1 rings (SSSR count). The molecule has 0 unspecified atom stereocenters. The van der Waals surface area contributed by atoms with Crippen molar-refractivity contribution in [3.8, 4) is 5.75 Å². The lowest BCUT2D eigenvalue weighted by Crippen LogP contribution is -2.03. The van der Waals surface area contributed by atoms with E-state index < -0.39 is 16.1 Å². The minimum Gasteiger partial charge on any atom is -0.507 e. The van der Waals surface area contributed by atoms with Gasteiger partial charge >= 0.3 is 5.97 Å². The van der Waals surface area contributed by atoms with E-state index >= 15 is 0 Å². The first kappa shape index (κ1) is 27.3. The molecular formula is C20H32O7S2. The number of carboxylic acid groups (broad SMARTS) is 1. The van der Waals surface area contributed by atoms with Crippen molar-refractivity contribution in [2.24, 2.45) is 0 Å². The third-order valence-electron chi connectivity index (χ3n) is 3.97. The fourth-order valence-electron chi connectivity index (χ4n) is 2.48. The highest BCUT2D eigenvalue weighted by Gasteiger charge is 2.02. The van der Waals surface area contributed by atoms with E-state index in [0.29, 0.717) is 5.56 Å². The van der Waals surface area contributed by atoms with E-state index in [-0.39, 0.29) is 23.8 Å². The summed E-state index contributed by atoms with van der Waals surface area (Å²) in [7, 11) is -3.28. The van der Waals surface area contributed by atoms with Crippen LogP contribution >= 0.6 is 12.2 Å². The molecule has 0 amide bonds. The molecule has 0 fully saturated rings. The molecule has 7 nitrogen and oxygen atoms in total. The molecule has 0 aliphatic carbocycles. The maximum Gasteiger partial charge on any atom is 0.303 e. The topological polar surface area (TPSA) is 121 Å². The predicted molar refractivity (Wildman–Crippen MR) is 117 cm³/mol. The summed E-state index contributed by atoms with van der Waals surface area (Å²) in [4.78, 5) is 10.3. The first-order valence-corrected chi connectivity index (χ1v) is 11.9. The predicted octanol–water partition coefficient (Wildman–Crippen LogP) is 4.57. The van der Waals surface area contributed by atoms with Crippen LogP contribution in [0.5, 0.6) is 5.75 Å². The van der Waals surface area contributed by atoms with Crippen LogP contribution < -0.4 is 0 Å². The number of unbranched alkanes of at least 4 members (excludes halogenated alkanes) is 8. The molecule has 1 aromatic carbocycles. The number of aliphatic hydroxyl groups excluding tert-OH is 1. The fourth-order valence-corrected chi connectivity index (χ4v) is 3.07. The Labute approximate surface area is 178 Å². The van der Waals surface area contributed by atoms with Gasteiger partial charge in [-0.25, -0.2) is 0 Å². The van der Waals surface area contributed by atoms with Crippen molar-refractivity contribution < 1.29 is 32.7 Å². The van der Waals surface area contributed by atoms with Crippen LogP contribution in [0.4, 0.5) is 0 Å². The van der Waals surface area contributed by atoms with Crippen molar-refractivity contribution in [2.45, 2.75) is 64.2 Å². The largest absolute Gasteiger partial charge is 0.507 e. The Morgan fingerprint density at radius 3 is 1.83 bits per heavy atom. The van der Waals surface area contributed by atoms with Gasteiger partial charge in [0.25, 0.3) is 10.1 Å². The summed E-state index contributed by atoms with van der Waals surface area (Å²) in [6, 6.07) is 6.38. The van der Waals surface area contributed by atoms with Crippen molar-refractivity contribution in [3.63, 3.8) is 0 Å². The number of carboxylic acids is 1. The van der Waals surface area contributed by atoms with Gasteiger partial charge in [0.2, 0.25) is 0 Å². The average molecular weight is 449 g/mol. The Morgan fingerprint density at radius 1 is 0.931 bits per heavy atom. The Hall–Kier alpha value is -1.71. The number of hydrogen-bond donors (Lipinski definition) is 3. The van der Waals surface area contributed by atoms with E-state index in [1.807, 2.05) is 0 Å². The third-order valence-corrected chi connectivity index (χ3v) is 4.78. The first-order chi connectivity index (χ1) is 13.6. The van der Waals surface area contributed by atoms with Crippen LogP contribution in [0.15, 0.2) is 24.3 Å². The molecule has 0 saturated heterocycles. The molecule has 166 valence electrons. The summed E-state index contributed by atoms with van der Waals surface area (Å²) in [6.07, 6.45) is 10.6. The second-order valence-electron chi connectivity index (χ2n) is 6.67. The molecule has 0 aliphatic heterocycles. The average Bonchev–Trinajstić information content (AvgIpc) is 2.62. The zero-order valence-electron chi connectivity index (χ0n) is 16.9. The maximum absolute atomic E-state index is 10.7. The normalized spacial score (nSPS) is 10.8. The Kier molecular flexibility index (Phi) is 15.2. The van der Waals surface area contributed by atoms with Gasteiger partial charge in [0, 0.05) is 6.42 Å². The van der Waals surface area contributed by atoms with Gasteiger partial charge in [-0.1, -0.05) is 57.1 Å². The maximum atomic E-state index is 10.7. The monoisotopic (exact) mass is 448 g/mol. The Morgan fingerprint density at radius 2 is 1.41 bits per heavy atom. The van der Waals surface area contributed by atoms with E-state index in [1.165, 1.54) is 12.5 Å². The highest BCUT2D eigenvalue weighted by atomic mass is 32.2. The molecule has 0 aliphatic rings. The van der Waals surface area contributed by atoms with Crippen molar-refractivity contribution in [1.29, 1.82) is 0 Å². The minimum absolute atomic E-state index is 0.00926. The summed E-state index contributed by atoms with van der Waals surface area (Å²) in [5.41, 5.74) is 0.303. The van der Waals surface area contributed by atoms with Crippen LogP contribution in [0.25, 0.3) is 0 Å². The van der Waals surface area contributed by atoms with Crippen LogP contribution in [-0.2, 0) is 19.1 Å². The van der Waals surface area contributed by atoms with Gasteiger partial charge in [-0.2, -0.15) is 8.42 Å². The summed E-state index contributed by atoms with van der Waals surface area (Å²) < 4.78 is 26.0. The second kappa shape index (κ2) is 16.1. The number of aliphatic carboxylic acids is 1. The highest BCUT2D eigenvalue weighted by molar-refractivity contribution is 7.86. The number of aromatic hydroxyl groups is 1. The lowest BCUT2D eigenvalue weighted by molar-refractivity contribution is -0.137. The summed E-state index contributed by atoms with van der Waals surface area (Å²) in [6.45, 7) is 0.286. The van der Waals surface area contributed by atoms with Crippen molar-refractivity contribution in [2.75, 3.05) is 12.9 Å². The number of rotatable bonds is 14. The molecule has 0 aromatic heterocycles. The second-order valence-corrected chi connectivity index (χ2v) is 8.70. The molecular weight excluding hydrogens is 416 g/mol. The van der Waals surface area contributed by atoms with E-state index in [4.69, 9.17) is 15.3 Å². The highest BCUT2D eigenvalue weighted by Crippen LogP contribution is 2.15. The van der Waals surface area contributed by atoms with Gasteiger partial charge in [0.1, 0.15) is 5.75 Å². The molecule has 9 heteroatoms. The molecule has 0 saturated carbocycles. The molecule has 3 N–H and O–H groups in total. The molecule has 0 heterocycles. The first-order valence-electron chi connectivity index (χ1n) is 9.71. The quantitative estimate of drug-likeness (QED) is 0.215. The number of thiocarbonyl (C=S) groups is 1. The molecule has 29 heavy (non-hydrogen) atoms. The number of phenolic OH excluding ortho intramolecular Hbond substituents is 1. The van der Waals surface area contributed by atoms with Crippen molar-refractivity contribution in [3.05, 3.63) is 29.8 Å². The number of hydrogen-bond acceptors (Lipinski definition) is 6. The number of benzene rings is 1. The van der Waals surface area contributed by atoms with Crippen LogP contribution in [-0.4, -0.2) is 47.6 Å². The smallest absolute Gasteiger partial charge is 0.303 e. The van der Waals surface area contributed by atoms with E-state index in [9.17, 15) is 13.2 Å². The van der Waals surface area contributed by atoms with Crippen LogP contribution in [0.3, 0.4) is 0 Å². The minimum atomic E-state index is -3.28. The number of carbonyl (C=O) groups is 1. The Balaban J connectivity index is 0.000000651. The van der Waals surface area contributed by atoms with Gasteiger partial charge in [-0.3, -0.25) is 8.98 Å². The third kappa shape index (κ3) is 18.1. The zero-order chi connectivity index (χ0) is 22.1. The van der Waals surface area contributed by atoms with Crippen LogP contribution in [0.1, 0.15) is 69.8 Å². The van der Waals surface area contributed by atoms with Crippen LogP contribution in [0.2, 0.25) is 0 Å². The summed E-state index contributed by atoms with van der Waals surface area (Å²) >= 11 is 4.45. The summed E-state index contributed by atoms with van der Waals surface area (Å²) in [5, 5.41) is 26.0. The number of phenols is 1. The lowest BCUT2D eigenvalue weighted by atomic mass is 10.1. The van der Waals surface area contributed by atoms with Crippen molar-refractivity contribution >= 4 is 33.4 Å². The van der Waals surface area contributed by atoms with Gasteiger partial charge < -0.3 is 15.3 Å². The zero-order valence-corrected chi connectivity index (χ0v) is 18.5. The van der Waals surface area contributed by atoms with Gasteiger partial charge in [0.15, 0.2) is 5.05 Å². The standard InChI is InChI=1S/C13H26O5S.C7H6O2S/c1-19(16,17)18-12-10-8-6-4-2-3-5-7-9-11-13(14)15;8-6-4-2-1-3-5(6)7(9)10/h2-12H2,1H3,(H,14,15);1-4,8H,(H,9,10). The lowest BCUT2D eigenvalue weighted by Gasteiger charge is -2.02. The number of aliphatic hydroxyl groups is 1. The molecule has 0 bridgehead atoms. The Bertz CT molecular complexity index is 703. The molecule has 0 radical (unpaired) electrons. The van der Waals surface area contributed by atoms with Crippen molar-refractivity contribution in [1.82, 2.24) is 0 Å². The van der Waals surface area contributed by atoms with Crippen LogP contribution in [0, 0.1) is 0 Å². The number of para-hydroxylation sites is 1. The fraction of sp³-hybridized carbons (Fsp3) is 0.600. The SMILES string of the molecule is CS(=O)(=O)OCCCCCCCCCCCC(=O)O.OC(=S)c1ccccc1O. The van der Waals surface area contributed by atoms with E-state index in [1.54, 1.807) is 18.2 Å². The van der Waals surface area contributed by atoms with Gasteiger partial charge in [-0.15, -0.1) is 0 Å². The van der Waals surface area contributed by atoms with Gasteiger partial charge in [0.05, 0.1) is 18.4 Å². The van der Waals surface area contributed by atoms with E-state index in [2.05, 4.69) is 16.4 Å². The van der Waals surface area contributed by atoms with Gasteiger partial charge in [-0.05, 0) is 37.2 Å². The van der Waals surface area contributed by atoms with E-state index in [0.717, 1.165) is 57.6 Å². The summed E-state index contributed by atoms with van der Waals surface area (Å²) in [5.74, 6) is -0.702. The molecule has 0 atom stereocenters. The molecule has 0 spiro atoms. The molecule has 1 aromatic rings.